The van der Waals surface area contributed by atoms with Crippen molar-refractivity contribution in [1.82, 2.24) is 9.80 Å². The first-order chi connectivity index (χ1) is 13.9. The van der Waals surface area contributed by atoms with Crippen LogP contribution in [0.15, 0.2) is 42.5 Å². The predicted octanol–water partition coefficient (Wildman–Crippen LogP) is 1.98. The van der Waals surface area contributed by atoms with Crippen molar-refractivity contribution in [2.45, 2.75) is 0 Å². The summed E-state index contributed by atoms with van der Waals surface area (Å²) in [6.07, 6.45) is 0. The highest BCUT2D eigenvalue weighted by Crippen LogP contribution is 2.25. The average Bonchev–Trinajstić information content (AvgIpc) is 2.72. The van der Waals surface area contributed by atoms with Gasteiger partial charge < -0.3 is 14.5 Å². The molecule has 2 amide bonds. The normalized spacial score (nSPS) is 15.0. The number of amides is 2. The van der Waals surface area contributed by atoms with Gasteiger partial charge >= 0.3 is 0 Å². The zero-order valence-electron chi connectivity index (χ0n) is 15.6. The molecule has 0 aliphatic carbocycles. The van der Waals surface area contributed by atoms with Gasteiger partial charge in [-0.1, -0.05) is 12.1 Å². The number of carbonyl (C=O) groups excluding carboxylic acids is 2. The standard InChI is InChI=1S/C19H20FN3O5S/c1-28-17-12-13(21-29(26)27)6-7-15(17)19(25)23-10-8-22(9-11-23)18(24)14-4-2-3-5-16(14)20/h2-7,12,21H,8-11H2,1H3,(H,26,27). The van der Waals surface area contributed by atoms with Crippen LogP contribution in [0.5, 0.6) is 5.75 Å². The molecule has 29 heavy (non-hydrogen) atoms. The molecule has 2 aromatic carbocycles. The SMILES string of the molecule is COc1cc(NS(=O)O)ccc1C(=O)N1CCN(C(=O)c2ccccc2F)CC1. The summed E-state index contributed by atoms with van der Waals surface area (Å²) in [5, 5.41) is 0. The Balaban J connectivity index is 1.68. The van der Waals surface area contributed by atoms with Crippen LogP contribution in [0.3, 0.4) is 0 Å². The molecule has 1 fully saturated rings. The number of nitrogens with zero attached hydrogens (tertiary/aromatic N) is 2. The molecule has 0 spiro atoms. The summed E-state index contributed by atoms with van der Waals surface area (Å²) in [6.45, 7) is 1.15. The molecule has 154 valence electrons. The van der Waals surface area contributed by atoms with E-state index < -0.39 is 23.0 Å². The number of carbonyl (C=O) groups is 2. The zero-order valence-corrected chi connectivity index (χ0v) is 16.4. The van der Waals surface area contributed by atoms with E-state index in [9.17, 15) is 18.2 Å². The van der Waals surface area contributed by atoms with Gasteiger partial charge in [-0.15, -0.1) is 0 Å². The molecular weight excluding hydrogens is 401 g/mol. The van der Waals surface area contributed by atoms with Gasteiger partial charge in [0.1, 0.15) is 11.6 Å². The number of hydrogen-bond acceptors (Lipinski definition) is 4. The predicted molar refractivity (Wildman–Crippen MR) is 106 cm³/mol. The van der Waals surface area contributed by atoms with E-state index in [4.69, 9.17) is 9.29 Å². The largest absolute Gasteiger partial charge is 0.496 e. The van der Waals surface area contributed by atoms with Crippen LogP contribution in [0.1, 0.15) is 20.7 Å². The van der Waals surface area contributed by atoms with Crippen molar-refractivity contribution in [2.24, 2.45) is 0 Å². The van der Waals surface area contributed by atoms with E-state index in [1.807, 2.05) is 0 Å². The smallest absolute Gasteiger partial charge is 0.259 e. The Labute approximate surface area is 169 Å². The van der Waals surface area contributed by atoms with Crippen molar-refractivity contribution >= 4 is 28.8 Å². The number of ether oxygens (including phenoxy) is 1. The Bertz CT molecular complexity index is 947. The molecule has 2 aromatic rings. The van der Waals surface area contributed by atoms with E-state index in [0.717, 1.165) is 0 Å². The van der Waals surface area contributed by atoms with Gasteiger partial charge in [-0.05, 0) is 24.3 Å². The monoisotopic (exact) mass is 421 g/mol. The molecule has 8 nitrogen and oxygen atoms in total. The maximum atomic E-state index is 13.9. The van der Waals surface area contributed by atoms with Crippen LogP contribution < -0.4 is 9.46 Å². The zero-order chi connectivity index (χ0) is 21.0. The highest BCUT2D eigenvalue weighted by atomic mass is 32.2. The van der Waals surface area contributed by atoms with Crippen LogP contribution in [0.4, 0.5) is 10.1 Å². The lowest BCUT2D eigenvalue weighted by atomic mass is 10.1. The van der Waals surface area contributed by atoms with Gasteiger partial charge in [0.15, 0.2) is 0 Å². The van der Waals surface area contributed by atoms with Crippen LogP contribution in [-0.2, 0) is 11.3 Å². The quantitative estimate of drug-likeness (QED) is 0.720. The van der Waals surface area contributed by atoms with Gasteiger partial charge in [0.25, 0.3) is 23.1 Å². The Hall–Kier alpha value is -2.98. The van der Waals surface area contributed by atoms with E-state index in [1.165, 1.54) is 48.4 Å². The number of halogens is 1. The number of piperazine rings is 1. The van der Waals surface area contributed by atoms with Crippen LogP contribution in [0.2, 0.25) is 0 Å². The van der Waals surface area contributed by atoms with Crippen molar-refractivity contribution in [3.8, 4) is 5.75 Å². The lowest BCUT2D eigenvalue weighted by Crippen LogP contribution is -2.50. The average molecular weight is 421 g/mol. The summed E-state index contributed by atoms with van der Waals surface area (Å²) < 4.78 is 41.2. The summed E-state index contributed by atoms with van der Waals surface area (Å²) in [5.74, 6) is -0.995. The van der Waals surface area contributed by atoms with E-state index in [1.54, 1.807) is 11.0 Å². The van der Waals surface area contributed by atoms with Crippen molar-refractivity contribution in [3.63, 3.8) is 0 Å². The fourth-order valence-corrected chi connectivity index (χ4v) is 3.45. The number of nitrogens with one attached hydrogen (secondary N) is 1. The minimum absolute atomic E-state index is 0.0123. The van der Waals surface area contributed by atoms with Gasteiger partial charge in [-0.2, -0.15) is 0 Å². The van der Waals surface area contributed by atoms with Crippen LogP contribution in [0.25, 0.3) is 0 Å². The highest BCUT2D eigenvalue weighted by molar-refractivity contribution is 7.80. The summed E-state index contributed by atoms with van der Waals surface area (Å²) in [5.41, 5.74) is 0.647. The third kappa shape index (κ3) is 4.72. The maximum absolute atomic E-state index is 13.9. The van der Waals surface area contributed by atoms with E-state index >= 15 is 0 Å². The molecule has 10 heteroatoms. The first kappa shape index (κ1) is 20.7. The lowest BCUT2D eigenvalue weighted by Gasteiger charge is -2.35. The summed E-state index contributed by atoms with van der Waals surface area (Å²) in [7, 11) is 1.40. The third-order valence-corrected chi connectivity index (χ3v) is 5.01. The molecule has 1 aliphatic heterocycles. The van der Waals surface area contributed by atoms with Crippen LogP contribution in [0, 0.1) is 5.82 Å². The molecule has 1 atom stereocenters. The molecule has 1 heterocycles. The van der Waals surface area contributed by atoms with Crippen LogP contribution in [-0.4, -0.2) is 63.7 Å². The number of anilines is 1. The Morgan fingerprint density at radius 2 is 1.62 bits per heavy atom. The molecule has 0 aromatic heterocycles. The summed E-state index contributed by atoms with van der Waals surface area (Å²) in [6, 6.07) is 10.3. The first-order valence-corrected chi connectivity index (χ1v) is 9.90. The molecule has 1 aliphatic rings. The van der Waals surface area contributed by atoms with Crippen molar-refractivity contribution in [2.75, 3.05) is 38.0 Å². The summed E-state index contributed by atoms with van der Waals surface area (Å²) >= 11 is -2.24. The number of methoxy groups -OCH3 is 1. The molecule has 0 radical (unpaired) electrons. The minimum Gasteiger partial charge on any atom is -0.496 e. The highest BCUT2D eigenvalue weighted by Gasteiger charge is 2.28. The molecular formula is C19H20FN3O5S. The first-order valence-electron chi connectivity index (χ1n) is 8.79. The molecule has 1 unspecified atom stereocenters. The number of hydrogen-bond donors (Lipinski definition) is 2. The van der Waals surface area contributed by atoms with Gasteiger partial charge in [0, 0.05) is 32.2 Å². The van der Waals surface area contributed by atoms with Gasteiger partial charge in [-0.25, -0.2) is 8.60 Å². The second-order valence-electron chi connectivity index (χ2n) is 6.33. The minimum atomic E-state index is -2.24. The third-order valence-electron chi connectivity index (χ3n) is 4.60. The second-order valence-corrected chi connectivity index (χ2v) is 7.03. The van der Waals surface area contributed by atoms with E-state index in [2.05, 4.69) is 4.72 Å². The van der Waals surface area contributed by atoms with Gasteiger partial charge in [0.05, 0.1) is 23.9 Å². The van der Waals surface area contributed by atoms with Gasteiger partial charge in [-0.3, -0.25) is 18.9 Å². The molecule has 2 N–H and O–H groups in total. The molecule has 3 rings (SSSR count). The second kappa shape index (κ2) is 9.01. The van der Waals surface area contributed by atoms with Gasteiger partial charge in [0.2, 0.25) is 0 Å². The molecule has 0 bridgehead atoms. The maximum Gasteiger partial charge on any atom is 0.259 e. The number of rotatable bonds is 5. The lowest BCUT2D eigenvalue weighted by molar-refractivity contribution is 0.0531. The van der Waals surface area contributed by atoms with Crippen molar-refractivity contribution < 1.29 is 27.5 Å². The van der Waals surface area contributed by atoms with Crippen molar-refractivity contribution in [1.29, 1.82) is 0 Å². The van der Waals surface area contributed by atoms with E-state index in [-0.39, 0.29) is 30.3 Å². The molecule has 0 saturated carbocycles. The summed E-state index contributed by atoms with van der Waals surface area (Å²) in [4.78, 5) is 28.5. The fraction of sp³-hybridized carbons (Fsp3) is 0.263. The van der Waals surface area contributed by atoms with Crippen molar-refractivity contribution in [3.05, 3.63) is 59.4 Å². The molecule has 1 saturated heterocycles. The number of benzene rings is 2. The van der Waals surface area contributed by atoms with E-state index in [0.29, 0.717) is 24.3 Å². The Kier molecular flexibility index (Phi) is 6.45. The topological polar surface area (TPSA) is 99.2 Å². The fourth-order valence-electron chi connectivity index (χ4n) is 3.12. The Morgan fingerprint density at radius 1 is 1.03 bits per heavy atom. The van der Waals surface area contributed by atoms with Crippen LogP contribution >= 0.6 is 0 Å². The Morgan fingerprint density at radius 3 is 2.17 bits per heavy atom.